The molecule has 0 saturated carbocycles. The van der Waals surface area contributed by atoms with Gasteiger partial charge in [-0.3, -0.25) is 4.79 Å². The number of ether oxygens (including phenoxy) is 1. The van der Waals surface area contributed by atoms with Crippen LogP contribution in [0.25, 0.3) is 0 Å². The highest BCUT2D eigenvalue weighted by atomic mass is 16.5. The lowest BCUT2D eigenvalue weighted by Crippen LogP contribution is -2.29. The minimum Gasteiger partial charge on any atom is -0.508 e. The summed E-state index contributed by atoms with van der Waals surface area (Å²) in [6.45, 7) is 0.877. The van der Waals surface area contributed by atoms with Gasteiger partial charge in [-0.2, -0.15) is 0 Å². The number of aromatic hydroxyl groups is 1. The fraction of sp³-hybridized carbons (Fsp3) is 0.188. The molecule has 0 atom stereocenters. The first-order chi connectivity index (χ1) is 9.74. The predicted octanol–water partition coefficient (Wildman–Crippen LogP) is 2.13. The molecule has 0 heterocycles. The van der Waals surface area contributed by atoms with Gasteiger partial charge in [0.25, 0.3) is 0 Å². The average molecular weight is 271 g/mol. The highest BCUT2D eigenvalue weighted by molar-refractivity contribution is 5.78. The van der Waals surface area contributed by atoms with E-state index < -0.39 is 0 Å². The van der Waals surface area contributed by atoms with Crippen LogP contribution in [-0.2, 0) is 11.2 Å². The molecule has 0 aliphatic carbocycles. The molecular weight excluding hydrogens is 254 g/mol. The largest absolute Gasteiger partial charge is 0.508 e. The Bertz CT molecular complexity index is 555. The Kier molecular flexibility index (Phi) is 5.00. The van der Waals surface area contributed by atoms with E-state index in [1.54, 1.807) is 24.3 Å². The topological polar surface area (TPSA) is 58.6 Å². The molecule has 0 fully saturated rings. The number of phenols is 1. The fourth-order valence-electron chi connectivity index (χ4n) is 1.79. The van der Waals surface area contributed by atoms with Crippen molar-refractivity contribution in [3.05, 3.63) is 60.2 Å². The monoisotopic (exact) mass is 271 g/mol. The molecule has 0 bridgehead atoms. The van der Waals surface area contributed by atoms with E-state index in [2.05, 4.69) is 5.32 Å². The normalized spacial score (nSPS) is 10.0. The van der Waals surface area contributed by atoms with Crippen LogP contribution in [0.15, 0.2) is 54.6 Å². The lowest BCUT2D eigenvalue weighted by molar-refractivity contribution is -0.120. The maximum atomic E-state index is 11.7. The van der Waals surface area contributed by atoms with Gasteiger partial charge in [0.2, 0.25) is 5.91 Å². The first-order valence-corrected chi connectivity index (χ1v) is 6.46. The molecule has 0 aliphatic heterocycles. The lowest BCUT2D eigenvalue weighted by atomic mass is 10.1. The van der Waals surface area contributed by atoms with E-state index in [9.17, 15) is 9.90 Å². The highest BCUT2D eigenvalue weighted by Crippen LogP contribution is 2.11. The molecule has 0 saturated heterocycles. The number of amides is 1. The maximum Gasteiger partial charge on any atom is 0.224 e. The second-order valence-electron chi connectivity index (χ2n) is 4.36. The van der Waals surface area contributed by atoms with Crippen molar-refractivity contribution in [3.8, 4) is 11.5 Å². The van der Waals surface area contributed by atoms with Crippen molar-refractivity contribution < 1.29 is 14.6 Å². The summed E-state index contributed by atoms with van der Waals surface area (Å²) in [5.41, 5.74) is 0.784. The van der Waals surface area contributed by atoms with Gasteiger partial charge >= 0.3 is 0 Å². The molecule has 4 heteroatoms. The van der Waals surface area contributed by atoms with E-state index in [1.165, 1.54) is 0 Å². The van der Waals surface area contributed by atoms with Crippen LogP contribution in [0, 0.1) is 0 Å². The summed E-state index contributed by atoms with van der Waals surface area (Å²) in [5, 5.41) is 12.1. The second-order valence-corrected chi connectivity index (χ2v) is 4.36. The molecule has 0 radical (unpaired) electrons. The van der Waals surface area contributed by atoms with Crippen molar-refractivity contribution in [2.45, 2.75) is 6.42 Å². The van der Waals surface area contributed by atoms with Crippen molar-refractivity contribution in [1.82, 2.24) is 5.32 Å². The third kappa shape index (κ3) is 4.65. The molecule has 0 aliphatic rings. The number of carbonyl (C=O) groups excluding carboxylic acids is 1. The van der Waals surface area contributed by atoms with Crippen molar-refractivity contribution in [2.75, 3.05) is 13.2 Å². The summed E-state index contributed by atoms with van der Waals surface area (Å²) in [6.07, 6.45) is 0.250. The first-order valence-electron chi connectivity index (χ1n) is 6.46. The van der Waals surface area contributed by atoms with Gasteiger partial charge in [-0.05, 0) is 29.8 Å². The van der Waals surface area contributed by atoms with E-state index in [4.69, 9.17) is 4.74 Å². The van der Waals surface area contributed by atoms with Crippen LogP contribution in [0.5, 0.6) is 11.5 Å². The van der Waals surface area contributed by atoms with E-state index in [-0.39, 0.29) is 18.1 Å². The van der Waals surface area contributed by atoms with Crippen molar-refractivity contribution in [1.29, 1.82) is 0 Å². The Hall–Kier alpha value is -2.49. The molecule has 1 amide bonds. The fourth-order valence-corrected chi connectivity index (χ4v) is 1.79. The van der Waals surface area contributed by atoms with Crippen LogP contribution in [0.2, 0.25) is 0 Å². The maximum absolute atomic E-state index is 11.7. The van der Waals surface area contributed by atoms with Crippen LogP contribution < -0.4 is 10.1 Å². The van der Waals surface area contributed by atoms with E-state index in [1.807, 2.05) is 30.3 Å². The van der Waals surface area contributed by atoms with Crippen molar-refractivity contribution in [3.63, 3.8) is 0 Å². The minimum atomic E-state index is -0.0905. The summed E-state index contributed by atoms with van der Waals surface area (Å²) in [4.78, 5) is 11.7. The lowest BCUT2D eigenvalue weighted by Gasteiger charge is -2.07. The molecule has 0 unspecified atom stereocenters. The van der Waals surface area contributed by atoms with Gasteiger partial charge in [0.1, 0.15) is 18.1 Å². The summed E-state index contributed by atoms with van der Waals surface area (Å²) >= 11 is 0. The Morgan fingerprint density at radius 3 is 2.65 bits per heavy atom. The molecule has 4 nitrogen and oxygen atoms in total. The van der Waals surface area contributed by atoms with Gasteiger partial charge in [0.05, 0.1) is 13.0 Å². The van der Waals surface area contributed by atoms with Gasteiger partial charge in [0.15, 0.2) is 0 Å². The van der Waals surface area contributed by atoms with E-state index in [0.717, 1.165) is 11.3 Å². The number of nitrogens with one attached hydrogen (secondary N) is 1. The Labute approximate surface area is 118 Å². The third-order valence-corrected chi connectivity index (χ3v) is 2.71. The first kappa shape index (κ1) is 13.9. The molecule has 2 aromatic rings. The minimum absolute atomic E-state index is 0.0905. The number of hydrogen-bond donors (Lipinski definition) is 2. The smallest absolute Gasteiger partial charge is 0.224 e. The third-order valence-electron chi connectivity index (χ3n) is 2.71. The Morgan fingerprint density at radius 1 is 1.10 bits per heavy atom. The summed E-state index contributed by atoms with van der Waals surface area (Å²) in [5.74, 6) is 0.865. The summed E-state index contributed by atoms with van der Waals surface area (Å²) < 4.78 is 5.47. The Morgan fingerprint density at radius 2 is 1.90 bits per heavy atom. The van der Waals surface area contributed by atoms with Gasteiger partial charge in [-0.1, -0.05) is 30.3 Å². The van der Waals surface area contributed by atoms with Gasteiger partial charge < -0.3 is 15.2 Å². The van der Waals surface area contributed by atoms with Crippen LogP contribution in [0.1, 0.15) is 5.56 Å². The van der Waals surface area contributed by atoms with Crippen LogP contribution in [-0.4, -0.2) is 24.2 Å². The number of phenolic OH excluding ortho intramolecular Hbond substituents is 1. The van der Waals surface area contributed by atoms with E-state index >= 15 is 0 Å². The molecule has 104 valence electrons. The summed E-state index contributed by atoms with van der Waals surface area (Å²) in [6, 6.07) is 16.1. The second kappa shape index (κ2) is 7.19. The molecule has 2 aromatic carbocycles. The molecule has 20 heavy (non-hydrogen) atoms. The molecule has 0 spiro atoms. The SMILES string of the molecule is O=C(Cc1cccc(O)c1)NCCOc1ccccc1. The molecule has 0 aromatic heterocycles. The van der Waals surface area contributed by atoms with Gasteiger partial charge in [0, 0.05) is 0 Å². The average Bonchev–Trinajstić information content (AvgIpc) is 2.45. The molecular formula is C16H17NO3. The highest BCUT2D eigenvalue weighted by Gasteiger charge is 2.03. The van der Waals surface area contributed by atoms with Gasteiger partial charge in [-0.25, -0.2) is 0 Å². The number of para-hydroxylation sites is 1. The number of benzene rings is 2. The van der Waals surface area contributed by atoms with Crippen LogP contribution in [0.4, 0.5) is 0 Å². The zero-order valence-corrected chi connectivity index (χ0v) is 11.1. The van der Waals surface area contributed by atoms with Crippen LogP contribution in [0.3, 0.4) is 0 Å². The number of hydrogen-bond acceptors (Lipinski definition) is 3. The number of carbonyl (C=O) groups is 1. The summed E-state index contributed by atoms with van der Waals surface area (Å²) in [7, 11) is 0. The zero-order valence-electron chi connectivity index (χ0n) is 11.1. The predicted molar refractivity (Wildman–Crippen MR) is 76.8 cm³/mol. The quantitative estimate of drug-likeness (QED) is 0.791. The van der Waals surface area contributed by atoms with Crippen LogP contribution >= 0.6 is 0 Å². The Balaban J connectivity index is 1.68. The van der Waals surface area contributed by atoms with Crippen molar-refractivity contribution >= 4 is 5.91 Å². The molecule has 2 N–H and O–H groups in total. The standard InChI is InChI=1S/C16H17NO3/c18-14-6-4-5-13(11-14)12-16(19)17-9-10-20-15-7-2-1-3-8-15/h1-8,11,18H,9-10,12H2,(H,17,19). The molecule has 2 rings (SSSR count). The number of rotatable bonds is 6. The van der Waals surface area contributed by atoms with Gasteiger partial charge in [-0.15, -0.1) is 0 Å². The van der Waals surface area contributed by atoms with E-state index in [0.29, 0.717) is 13.2 Å². The van der Waals surface area contributed by atoms with Crippen molar-refractivity contribution in [2.24, 2.45) is 0 Å². The zero-order chi connectivity index (χ0) is 14.2.